The summed E-state index contributed by atoms with van der Waals surface area (Å²) in [5.41, 5.74) is 3.57. The Bertz CT molecular complexity index is 925. The minimum absolute atomic E-state index is 0.0869. The van der Waals surface area contributed by atoms with E-state index in [0.29, 0.717) is 25.2 Å². The van der Waals surface area contributed by atoms with Gasteiger partial charge in [0.2, 0.25) is 5.91 Å². The van der Waals surface area contributed by atoms with Crippen LogP contribution in [0.3, 0.4) is 0 Å². The van der Waals surface area contributed by atoms with E-state index in [-0.39, 0.29) is 5.91 Å². The number of nitrogens with one attached hydrogen (secondary N) is 2. The average Bonchev–Trinajstić information content (AvgIpc) is 2.77. The quantitative estimate of drug-likeness (QED) is 0.531. The summed E-state index contributed by atoms with van der Waals surface area (Å²) < 4.78 is 0. The van der Waals surface area contributed by atoms with Crippen LogP contribution in [0.4, 0.5) is 17.1 Å². The van der Waals surface area contributed by atoms with Crippen molar-refractivity contribution < 1.29 is 14.4 Å². The van der Waals surface area contributed by atoms with Crippen molar-refractivity contribution in [2.75, 3.05) is 42.3 Å². The molecule has 0 aromatic heterocycles. The number of aryl methyl sites for hydroxylation is 1. The zero-order valence-electron chi connectivity index (χ0n) is 18.2. The Hall–Kier alpha value is -3.35. The molecule has 3 rings (SSSR count). The molecule has 0 saturated carbocycles. The second-order valence-electron chi connectivity index (χ2n) is 7.93. The number of carbonyl (C=O) groups is 3. The van der Waals surface area contributed by atoms with Gasteiger partial charge in [-0.05, 0) is 61.6 Å². The van der Waals surface area contributed by atoms with E-state index in [0.717, 1.165) is 37.1 Å². The molecule has 0 atom stereocenters. The molecule has 1 heterocycles. The Balaban J connectivity index is 1.44. The van der Waals surface area contributed by atoms with Crippen LogP contribution in [0, 0.1) is 0 Å². The molecule has 2 N–H and O–H groups in total. The van der Waals surface area contributed by atoms with Crippen LogP contribution in [0.25, 0.3) is 0 Å². The third kappa shape index (κ3) is 6.31. The van der Waals surface area contributed by atoms with Gasteiger partial charge in [-0.3, -0.25) is 14.4 Å². The molecule has 0 bridgehead atoms. The van der Waals surface area contributed by atoms with Gasteiger partial charge < -0.3 is 20.4 Å². The number of rotatable bonds is 7. The zero-order chi connectivity index (χ0) is 22.2. The van der Waals surface area contributed by atoms with E-state index in [2.05, 4.69) is 34.9 Å². The Morgan fingerprint density at radius 1 is 1.03 bits per heavy atom. The highest BCUT2D eigenvalue weighted by Gasteiger charge is 2.20. The number of piperidine rings is 1. The van der Waals surface area contributed by atoms with E-state index in [1.165, 1.54) is 5.56 Å². The number of hydrogen-bond donors (Lipinski definition) is 2. The van der Waals surface area contributed by atoms with Gasteiger partial charge in [0.15, 0.2) is 0 Å². The van der Waals surface area contributed by atoms with Crippen LogP contribution in [0.5, 0.6) is 0 Å². The highest BCUT2D eigenvalue weighted by Crippen LogP contribution is 2.23. The fraction of sp³-hybridized carbons (Fsp3) is 0.375. The minimum atomic E-state index is -0.711. The summed E-state index contributed by atoms with van der Waals surface area (Å²) >= 11 is 0. The second kappa shape index (κ2) is 10.6. The zero-order valence-corrected chi connectivity index (χ0v) is 18.2. The number of hydrogen-bond acceptors (Lipinski definition) is 4. The van der Waals surface area contributed by atoms with Gasteiger partial charge in [-0.25, -0.2) is 0 Å². The van der Waals surface area contributed by atoms with Crippen molar-refractivity contribution in [3.05, 3.63) is 54.1 Å². The molecule has 31 heavy (non-hydrogen) atoms. The van der Waals surface area contributed by atoms with E-state index >= 15 is 0 Å². The Kier molecular flexibility index (Phi) is 7.65. The summed E-state index contributed by atoms with van der Waals surface area (Å²) in [5.74, 6) is -1.29. The second-order valence-corrected chi connectivity index (χ2v) is 7.93. The van der Waals surface area contributed by atoms with Crippen LogP contribution in [0.15, 0.2) is 48.5 Å². The molecular formula is C24H30N4O3. The van der Waals surface area contributed by atoms with E-state index in [4.69, 9.17) is 0 Å². The molecule has 1 aliphatic rings. The monoisotopic (exact) mass is 422 g/mol. The van der Waals surface area contributed by atoms with Crippen LogP contribution in [0.1, 0.15) is 31.2 Å². The van der Waals surface area contributed by atoms with Crippen molar-refractivity contribution in [1.29, 1.82) is 0 Å². The van der Waals surface area contributed by atoms with E-state index in [9.17, 15) is 14.4 Å². The number of nitrogens with zero attached hydrogens (tertiary/aromatic N) is 2. The molecule has 0 unspecified atom stereocenters. The van der Waals surface area contributed by atoms with Crippen molar-refractivity contribution in [2.24, 2.45) is 0 Å². The standard InChI is InChI=1S/C24H30N4O3/c1-27(2)20-13-11-18(12-14-20)7-6-15-25-23(30)24(31)26-19-8-5-9-21(17-19)28-16-4-3-10-22(28)29/h5,8-9,11-14,17H,3-4,6-7,10,15-16H2,1-2H3,(H,25,30)(H,26,31). The van der Waals surface area contributed by atoms with Crippen LogP contribution in [0.2, 0.25) is 0 Å². The summed E-state index contributed by atoms with van der Waals surface area (Å²) in [4.78, 5) is 40.2. The van der Waals surface area contributed by atoms with Crippen LogP contribution in [-0.4, -0.2) is 44.9 Å². The molecule has 2 aromatic carbocycles. The third-order valence-corrected chi connectivity index (χ3v) is 5.33. The highest BCUT2D eigenvalue weighted by molar-refractivity contribution is 6.39. The first-order valence-electron chi connectivity index (χ1n) is 10.7. The van der Waals surface area contributed by atoms with Crippen LogP contribution < -0.4 is 20.4 Å². The fourth-order valence-corrected chi connectivity index (χ4v) is 3.55. The maximum atomic E-state index is 12.2. The van der Waals surface area contributed by atoms with Crippen molar-refractivity contribution in [3.8, 4) is 0 Å². The highest BCUT2D eigenvalue weighted by atomic mass is 16.2. The van der Waals surface area contributed by atoms with Gasteiger partial charge in [-0.15, -0.1) is 0 Å². The third-order valence-electron chi connectivity index (χ3n) is 5.33. The average molecular weight is 423 g/mol. The summed E-state index contributed by atoms with van der Waals surface area (Å²) in [6.07, 6.45) is 3.98. The van der Waals surface area contributed by atoms with Crippen molar-refractivity contribution >= 4 is 34.8 Å². The van der Waals surface area contributed by atoms with Gasteiger partial charge in [0.25, 0.3) is 0 Å². The molecule has 1 fully saturated rings. The fourth-order valence-electron chi connectivity index (χ4n) is 3.55. The summed E-state index contributed by atoms with van der Waals surface area (Å²) in [7, 11) is 4.00. The molecule has 0 spiro atoms. The van der Waals surface area contributed by atoms with Gasteiger partial charge >= 0.3 is 11.8 Å². The molecule has 0 radical (unpaired) electrons. The van der Waals surface area contributed by atoms with E-state index < -0.39 is 11.8 Å². The molecule has 7 nitrogen and oxygen atoms in total. The molecule has 164 valence electrons. The molecule has 2 aromatic rings. The molecule has 3 amide bonds. The van der Waals surface area contributed by atoms with Crippen molar-refractivity contribution in [1.82, 2.24) is 5.32 Å². The maximum Gasteiger partial charge on any atom is 0.313 e. The summed E-state index contributed by atoms with van der Waals surface area (Å²) in [6.45, 7) is 1.10. The minimum Gasteiger partial charge on any atom is -0.378 e. The Morgan fingerprint density at radius 2 is 1.81 bits per heavy atom. The molecule has 1 saturated heterocycles. The van der Waals surface area contributed by atoms with Gasteiger partial charge in [-0.2, -0.15) is 0 Å². The maximum absolute atomic E-state index is 12.2. The summed E-state index contributed by atoms with van der Waals surface area (Å²) in [6, 6.07) is 15.3. The predicted molar refractivity (Wildman–Crippen MR) is 123 cm³/mol. The van der Waals surface area contributed by atoms with E-state index in [1.807, 2.05) is 25.1 Å². The van der Waals surface area contributed by atoms with Crippen molar-refractivity contribution in [3.63, 3.8) is 0 Å². The lowest BCUT2D eigenvalue weighted by Crippen LogP contribution is -2.36. The lowest BCUT2D eigenvalue weighted by Gasteiger charge is -2.27. The van der Waals surface area contributed by atoms with Gasteiger partial charge in [-0.1, -0.05) is 18.2 Å². The van der Waals surface area contributed by atoms with Gasteiger partial charge in [0, 0.05) is 50.7 Å². The Morgan fingerprint density at radius 3 is 2.52 bits per heavy atom. The predicted octanol–water partition coefficient (Wildman–Crippen LogP) is 2.96. The number of amides is 3. The number of carbonyl (C=O) groups excluding carboxylic acids is 3. The number of benzene rings is 2. The SMILES string of the molecule is CN(C)c1ccc(CCCNC(=O)C(=O)Nc2cccc(N3CCCCC3=O)c2)cc1. The molecule has 7 heteroatoms. The van der Waals surface area contributed by atoms with Gasteiger partial charge in [0.1, 0.15) is 0 Å². The van der Waals surface area contributed by atoms with E-state index in [1.54, 1.807) is 23.1 Å². The van der Waals surface area contributed by atoms with Gasteiger partial charge in [0.05, 0.1) is 0 Å². The normalized spacial score (nSPS) is 13.6. The lowest BCUT2D eigenvalue weighted by atomic mass is 10.1. The molecular weight excluding hydrogens is 392 g/mol. The molecule has 1 aliphatic heterocycles. The lowest BCUT2D eigenvalue weighted by molar-refractivity contribution is -0.136. The topological polar surface area (TPSA) is 81.8 Å². The van der Waals surface area contributed by atoms with Crippen molar-refractivity contribution in [2.45, 2.75) is 32.1 Å². The first-order chi connectivity index (χ1) is 14.9. The van der Waals surface area contributed by atoms with Crippen LogP contribution in [-0.2, 0) is 20.8 Å². The smallest absolute Gasteiger partial charge is 0.313 e. The first-order valence-corrected chi connectivity index (χ1v) is 10.7. The largest absolute Gasteiger partial charge is 0.378 e. The van der Waals surface area contributed by atoms with Crippen LogP contribution >= 0.6 is 0 Å². The summed E-state index contributed by atoms with van der Waals surface area (Å²) in [5, 5.41) is 5.28. The molecule has 0 aliphatic carbocycles. The Labute approximate surface area is 183 Å². The first kappa shape index (κ1) is 22.3. The number of anilines is 3.